The summed E-state index contributed by atoms with van der Waals surface area (Å²) < 4.78 is 28.7. The molecule has 29 heavy (non-hydrogen) atoms. The van der Waals surface area contributed by atoms with Crippen LogP contribution in [0.2, 0.25) is 0 Å². The minimum absolute atomic E-state index is 0.194. The molecule has 4 aromatic rings. The molecular formula is C22H21N3O2S2. The normalized spacial score (nSPS) is 11.8. The van der Waals surface area contributed by atoms with Crippen LogP contribution in [0.3, 0.4) is 0 Å². The first-order chi connectivity index (χ1) is 13.8. The number of nitrogens with one attached hydrogen (secondary N) is 1. The minimum Gasteiger partial charge on any atom is -0.252 e. The van der Waals surface area contributed by atoms with E-state index in [0.29, 0.717) is 5.52 Å². The molecule has 0 bridgehead atoms. The van der Waals surface area contributed by atoms with Crippen LogP contribution in [-0.2, 0) is 16.6 Å². The number of fused-ring (bicyclic) bond motifs is 1. The lowest BCUT2D eigenvalue weighted by molar-refractivity contribution is 0.582. The molecule has 1 N–H and O–H groups in total. The van der Waals surface area contributed by atoms with Crippen molar-refractivity contribution in [1.82, 2.24) is 14.7 Å². The number of para-hydroxylation sites is 1. The maximum absolute atomic E-state index is 13.0. The molecule has 0 saturated carbocycles. The van der Waals surface area contributed by atoms with Gasteiger partial charge in [-0.15, -0.1) is 11.3 Å². The first-order valence-electron chi connectivity index (χ1n) is 9.23. The lowest BCUT2D eigenvalue weighted by Crippen LogP contribution is -2.23. The Morgan fingerprint density at radius 3 is 2.52 bits per heavy atom. The van der Waals surface area contributed by atoms with Crippen LogP contribution in [0.15, 0.2) is 59.5 Å². The summed E-state index contributed by atoms with van der Waals surface area (Å²) in [6.07, 6.45) is 0. The number of nitrogens with zero attached hydrogens (tertiary/aromatic N) is 2. The summed E-state index contributed by atoms with van der Waals surface area (Å²) >= 11 is 1.52. The van der Waals surface area contributed by atoms with Crippen molar-refractivity contribution < 1.29 is 8.42 Å². The van der Waals surface area contributed by atoms with E-state index in [9.17, 15) is 8.42 Å². The zero-order valence-corrected chi connectivity index (χ0v) is 18.1. The second kappa shape index (κ2) is 7.67. The fourth-order valence-corrected chi connectivity index (χ4v) is 5.54. The van der Waals surface area contributed by atoms with Gasteiger partial charge in [0.15, 0.2) is 0 Å². The molecule has 148 valence electrons. The van der Waals surface area contributed by atoms with Crippen LogP contribution in [0.1, 0.15) is 21.8 Å². The van der Waals surface area contributed by atoms with Gasteiger partial charge in [0.25, 0.3) is 0 Å². The van der Waals surface area contributed by atoms with Crippen molar-refractivity contribution in [2.24, 2.45) is 0 Å². The molecular weight excluding hydrogens is 402 g/mol. The molecule has 7 heteroatoms. The highest BCUT2D eigenvalue weighted by Gasteiger charge is 2.20. The predicted molar refractivity (Wildman–Crippen MR) is 118 cm³/mol. The molecule has 0 radical (unpaired) electrons. The average molecular weight is 424 g/mol. The van der Waals surface area contributed by atoms with Crippen molar-refractivity contribution in [2.75, 3.05) is 0 Å². The van der Waals surface area contributed by atoms with Crippen molar-refractivity contribution in [1.29, 1.82) is 0 Å². The molecule has 0 unspecified atom stereocenters. The van der Waals surface area contributed by atoms with Gasteiger partial charge in [-0.3, -0.25) is 4.98 Å². The maximum Gasteiger partial charge on any atom is 0.243 e. The molecule has 2 aromatic carbocycles. The molecule has 0 fully saturated rings. The van der Waals surface area contributed by atoms with Gasteiger partial charge in [0.2, 0.25) is 10.0 Å². The Morgan fingerprint density at radius 2 is 1.72 bits per heavy atom. The van der Waals surface area contributed by atoms with E-state index in [4.69, 9.17) is 0 Å². The molecule has 0 spiro atoms. The molecule has 0 saturated heterocycles. The Bertz CT molecular complexity index is 1310. The van der Waals surface area contributed by atoms with Crippen LogP contribution in [-0.4, -0.2) is 18.4 Å². The third-order valence-electron chi connectivity index (χ3n) is 4.80. The first-order valence-corrected chi connectivity index (χ1v) is 11.5. The van der Waals surface area contributed by atoms with Crippen molar-refractivity contribution in [3.8, 4) is 10.6 Å². The summed E-state index contributed by atoms with van der Waals surface area (Å²) in [6, 6.07) is 17.0. The Balaban J connectivity index is 1.63. The monoisotopic (exact) mass is 423 g/mol. The number of thiazole rings is 1. The third-order valence-corrected chi connectivity index (χ3v) is 7.43. The second-order valence-electron chi connectivity index (χ2n) is 6.95. The third kappa shape index (κ3) is 3.94. The number of sulfonamides is 1. The highest BCUT2D eigenvalue weighted by atomic mass is 32.2. The second-order valence-corrected chi connectivity index (χ2v) is 9.77. The first kappa shape index (κ1) is 19.7. The van der Waals surface area contributed by atoms with Gasteiger partial charge < -0.3 is 0 Å². The smallest absolute Gasteiger partial charge is 0.243 e. The Morgan fingerprint density at radius 1 is 0.931 bits per heavy atom. The van der Waals surface area contributed by atoms with Gasteiger partial charge in [0.1, 0.15) is 9.90 Å². The molecule has 0 atom stereocenters. The quantitative estimate of drug-likeness (QED) is 0.502. The maximum atomic E-state index is 13.0. The van der Waals surface area contributed by atoms with Crippen LogP contribution < -0.4 is 4.72 Å². The van der Waals surface area contributed by atoms with E-state index in [2.05, 4.69) is 14.7 Å². The van der Waals surface area contributed by atoms with Crippen molar-refractivity contribution >= 4 is 32.3 Å². The molecule has 0 aliphatic heterocycles. The topological polar surface area (TPSA) is 72.0 Å². The molecule has 0 amide bonds. The summed E-state index contributed by atoms with van der Waals surface area (Å²) in [7, 11) is -3.72. The van der Waals surface area contributed by atoms with Gasteiger partial charge in [0.05, 0.1) is 11.2 Å². The van der Waals surface area contributed by atoms with Crippen molar-refractivity contribution in [3.63, 3.8) is 0 Å². The number of aryl methyl sites for hydroxylation is 3. The standard InChI is InChI=1S/C22H21N3O2S2/c1-14-7-4-5-9-18(14)22-25-16(3)19(28-22)13-23-29(26,27)20-10-6-8-17-12-11-15(2)24-21(17)20/h4-12,23H,13H2,1-3H3. The zero-order valence-electron chi connectivity index (χ0n) is 16.4. The molecule has 2 heterocycles. The fourth-order valence-electron chi connectivity index (χ4n) is 3.19. The van der Waals surface area contributed by atoms with Gasteiger partial charge in [-0.25, -0.2) is 18.1 Å². The number of hydrogen-bond donors (Lipinski definition) is 1. The van der Waals surface area contributed by atoms with Crippen LogP contribution in [0.4, 0.5) is 0 Å². The van der Waals surface area contributed by atoms with E-state index >= 15 is 0 Å². The molecule has 2 aromatic heterocycles. The summed E-state index contributed by atoms with van der Waals surface area (Å²) in [6.45, 7) is 6.00. The molecule has 5 nitrogen and oxygen atoms in total. The number of hydrogen-bond acceptors (Lipinski definition) is 5. The van der Waals surface area contributed by atoms with E-state index in [0.717, 1.165) is 37.8 Å². The molecule has 0 aliphatic carbocycles. The predicted octanol–water partition coefficient (Wildman–Crippen LogP) is 4.76. The largest absolute Gasteiger partial charge is 0.252 e. The zero-order chi connectivity index (χ0) is 20.6. The van der Waals surface area contributed by atoms with Crippen LogP contribution in [0.25, 0.3) is 21.5 Å². The van der Waals surface area contributed by atoms with Crippen molar-refractivity contribution in [3.05, 3.63) is 76.4 Å². The average Bonchev–Trinajstić information content (AvgIpc) is 3.06. The number of aromatic nitrogens is 2. The SMILES string of the molecule is Cc1ccc2cccc(S(=O)(=O)NCc3sc(-c4ccccc4C)nc3C)c2n1. The van der Waals surface area contributed by atoms with Gasteiger partial charge in [-0.05, 0) is 38.5 Å². The summed E-state index contributed by atoms with van der Waals surface area (Å²) in [5, 5.41) is 1.70. The summed E-state index contributed by atoms with van der Waals surface area (Å²) in [5.41, 5.74) is 4.32. The van der Waals surface area contributed by atoms with Crippen molar-refractivity contribution in [2.45, 2.75) is 32.2 Å². The highest BCUT2D eigenvalue weighted by Crippen LogP contribution is 2.30. The lowest BCUT2D eigenvalue weighted by atomic mass is 10.1. The summed E-state index contributed by atoms with van der Waals surface area (Å²) in [4.78, 5) is 10.2. The Labute approximate surface area is 174 Å². The van der Waals surface area contributed by atoms with E-state index in [1.807, 2.05) is 63.2 Å². The molecule has 4 rings (SSSR count). The van der Waals surface area contributed by atoms with E-state index < -0.39 is 10.0 Å². The van der Waals surface area contributed by atoms with Crippen LogP contribution in [0, 0.1) is 20.8 Å². The fraction of sp³-hybridized carbons (Fsp3) is 0.182. The highest BCUT2D eigenvalue weighted by molar-refractivity contribution is 7.89. The summed E-state index contributed by atoms with van der Waals surface area (Å²) in [5.74, 6) is 0. The van der Waals surface area contributed by atoms with Gasteiger partial charge in [0, 0.05) is 28.1 Å². The Hall–Kier alpha value is -2.61. The van der Waals surface area contributed by atoms with Gasteiger partial charge in [-0.1, -0.05) is 42.5 Å². The van der Waals surface area contributed by atoms with E-state index in [1.165, 1.54) is 11.3 Å². The molecule has 0 aliphatic rings. The lowest BCUT2D eigenvalue weighted by Gasteiger charge is -2.09. The van der Waals surface area contributed by atoms with Gasteiger partial charge >= 0.3 is 0 Å². The number of rotatable bonds is 5. The van der Waals surface area contributed by atoms with Gasteiger partial charge in [-0.2, -0.15) is 0 Å². The van der Waals surface area contributed by atoms with Crippen LogP contribution >= 0.6 is 11.3 Å². The number of pyridine rings is 1. The van der Waals surface area contributed by atoms with E-state index in [-0.39, 0.29) is 11.4 Å². The van der Waals surface area contributed by atoms with Crippen LogP contribution in [0.5, 0.6) is 0 Å². The minimum atomic E-state index is -3.72. The number of benzene rings is 2. The Kier molecular flexibility index (Phi) is 5.21. The van der Waals surface area contributed by atoms with E-state index in [1.54, 1.807) is 12.1 Å².